The number of halogens is 1. The van der Waals surface area contributed by atoms with Gasteiger partial charge in [0.15, 0.2) is 0 Å². The first-order chi connectivity index (χ1) is 10.2. The maximum atomic E-state index is 12.9. The molecule has 1 N–H and O–H groups in total. The Kier molecular flexibility index (Phi) is 3.98. The summed E-state index contributed by atoms with van der Waals surface area (Å²) < 4.78 is 12.9. The summed E-state index contributed by atoms with van der Waals surface area (Å²) in [5.74, 6) is -0.193. The van der Waals surface area contributed by atoms with Gasteiger partial charge in [0.05, 0.1) is 0 Å². The van der Waals surface area contributed by atoms with Crippen LogP contribution in [0.5, 0.6) is 0 Å². The van der Waals surface area contributed by atoms with E-state index >= 15 is 0 Å². The number of hydrogen-bond acceptors (Lipinski definition) is 1. The van der Waals surface area contributed by atoms with Crippen molar-refractivity contribution in [2.45, 2.75) is 19.5 Å². The van der Waals surface area contributed by atoms with Gasteiger partial charge in [-0.05, 0) is 47.0 Å². The monoisotopic (exact) mass is 279 g/mol. The lowest BCUT2D eigenvalue weighted by Crippen LogP contribution is -2.18. The van der Waals surface area contributed by atoms with Crippen LogP contribution in [0, 0.1) is 5.82 Å². The highest BCUT2D eigenvalue weighted by molar-refractivity contribution is 5.83. The molecule has 0 saturated heterocycles. The molecule has 0 fully saturated rings. The second kappa shape index (κ2) is 6.06. The van der Waals surface area contributed by atoms with Crippen LogP contribution in [0.4, 0.5) is 4.39 Å². The summed E-state index contributed by atoms with van der Waals surface area (Å²) in [5, 5.41) is 5.99. The highest BCUT2D eigenvalue weighted by atomic mass is 19.1. The molecule has 2 heteroatoms. The molecule has 3 aromatic rings. The molecule has 21 heavy (non-hydrogen) atoms. The van der Waals surface area contributed by atoms with Crippen LogP contribution >= 0.6 is 0 Å². The Morgan fingerprint density at radius 2 is 1.62 bits per heavy atom. The van der Waals surface area contributed by atoms with Gasteiger partial charge in [-0.3, -0.25) is 0 Å². The van der Waals surface area contributed by atoms with Gasteiger partial charge in [-0.1, -0.05) is 48.5 Å². The number of fused-ring (bicyclic) bond motifs is 1. The third-order valence-corrected chi connectivity index (χ3v) is 3.80. The SMILES string of the molecule is CC(NCc1ccc(F)cc1)c1ccc2ccccc2c1. The van der Waals surface area contributed by atoms with Gasteiger partial charge >= 0.3 is 0 Å². The van der Waals surface area contributed by atoms with E-state index in [1.54, 1.807) is 0 Å². The molecule has 0 aliphatic carbocycles. The predicted octanol–water partition coefficient (Wildman–Crippen LogP) is 4.83. The summed E-state index contributed by atoms with van der Waals surface area (Å²) in [7, 11) is 0. The number of hydrogen-bond donors (Lipinski definition) is 1. The predicted molar refractivity (Wildman–Crippen MR) is 85.6 cm³/mol. The van der Waals surface area contributed by atoms with Crippen molar-refractivity contribution in [1.82, 2.24) is 5.32 Å². The second-order valence-electron chi connectivity index (χ2n) is 5.34. The topological polar surface area (TPSA) is 12.0 Å². The summed E-state index contributed by atoms with van der Waals surface area (Å²) in [4.78, 5) is 0. The largest absolute Gasteiger partial charge is 0.306 e. The van der Waals surface area contributed by atoms with E-state index in [0.29, 0.717) is 0 Å². The lowest BCUT2D eigenvalue weighted by molar-refractivity contribution is 0.573. The number of benzene rings is 3. The zero-order valence-electron chi connectivity index (χ0n) is 12.0. The molecule has 0 saturated carbocycles. The Bertz CT molecular complexity index is 734. The first-order valence-electron chi connectivity index (χ1n) is 7.19. The minimum atomic E-state index is -0.193. The molecule has 3 rings (SSSR count). The summed E-state index contributed by atoms with van der Waals surface area (Å²) in [6.07, 6.45) is 0. The van der Waals surface area contributed by atoms with E-state index < -0.39 is 0 Å². The average molecular weight is 279 g/mol. The molecular formula is C19H18FN. The van der Waals surface area contributed by atoms with Gasteiger partial charge in [-0.25, -0.2) is 4.39 Å². The van der Waals surface area contributed by atoms with Crippen LogP contribution in [-0.4, -0.2) is 0 Å². The molecular weight excluding hydrogens is 261 g/mol. The fraction of sp³-hybridized carbons (Fsp3) is 0.158. The number of rotatable bonds is 4. The molecule has 0 aliphatic rings. The Hall–Kier alpha value is -2.19. The van der Waals surface area contributed by atoms with Crippen molar-refractivity contribution >= 4 is 10.8 Å². The van der Waals surface area contributed by atoms with Crippen molar-refractivity contribution in [3.05, 3.63) is 83.7 Å². The maximum Gasteiger partial charge on any atom is 0.123 e. The molecule has 0 amide bonds. The Labute approximate surface area is 124 Å². The van der Waals surface area contributed by atoms with Crippen molar-refractivity contribution in [3.63, 3.8) is 0 Å². The molecule has 0 heterocycles. The first kappa shape index (κ1) is 13.8. The molecule has 106 valence electrons. The standard InChI is InChI=1S/C19H18FN/c1-14(21-13-15-6-10-19(20)11-7-15)17-9-8-16-4-2-3-5-18(16)12-17/h2-12,14,21H,13H2,1H3. The van der Waals surface area contributed by atoms with Gasteiger partial charge < -0.3 is 5.32 Å². The molecule has 0 spiro atoms. The van der Waals surface area contributed by atoms with E-state index in [0.717, 1.165) is 12.1 Å². The van der Waals surface area contributed by atoms with Gasteiger partial charge in [-0.2, -0.15) is 0 Å². The molecule has 0 aliphatic heterocycles. The van der Waals surface area contributed by atoms with Crippen molar-refractivity contribution < 1.29 is 4.39 Å². The highest BCUT2D eigenvalue weighted by Gasteiger charge is 2.05. The summed E-state index contributed by atoms with van der Waals surface area (Å²) in [5.41, 5.74) is 2.35. The van der Waals surface area contributed by atoms with Crippen LogP contribution < -0.4 is 5.32 Å². The van der Waals surface area contributed by atoms with E-state index in [1.807, 2.05) is 12.1 Å². The van der Waals surface area contributed by atoms with E-state index in [9.17, 15) is 4.39 Å². The number of nitrogens with one attached hydrogen (secondary N) is 1. The normalized spacial score (nSPS) is 12.5. The lowest BCUT2D eigenvalue weighted by Gasteiger charge is -2.15. The zero-order valence-corrected chi connectivity index (χ0v) is 12.0. The van der Waals surface area contributed by atoms with E-state index in [1.165, 1.54) is 28.5 Å². The van der Waals surface area contributed by atoms with Crippen molar-refractivity contribution in [2.24, 2.45) is 0 Å². The van der Waals surface area contributed by atoms with Crippen LogP contribution in [0.25, 0.3) is 10.8 Å². The second-order valence-corrected chi connectivity index (χ2v) is 5.34. The van der Waals surface area contributed by atoms with E-state index in [-0.39, 0.29) is 11.9 Å². The Morgan fingerprint density at radius 1 is 0.905 bits per heavy atom. The van der Waals surface area contributed by atoms with Gasteiger partial charge in [0.1, 0.15) is 5.82 Å². The molecule has 1 atom stereocenters. The van der Waals surface area contributed by atoms with Crippen LogP contribution in [0.15, 0.2) is 66.7 Å². The Morgan fingerprint density at radius 3 is 2.38 bits per heavy atom. The lowest BCUT2D eigenvalue weighted by atomic mass is 10.0. The summed E-state index contributed by atoms with van der Waals surface area (Å²) >= 11 is 0. The fourth-order valence-corrected chi connectivity index (χ4v) is 2.47. The Balaban J connectivity index is 1.71. The van der Waals surface area contributed by atoms with E-state index in [4.69, 9.17) is 0 Å². The molecule has 1 unspecified atom stereocenters. The summed E-state index contributed by atoms with van der Waals surface area (Å²) in [6, 6.07) is 21.8. The van der Waals surface area contributed by atoms with Gasteiger partial charge in [0.25, 0.3) is 0 Å². The highest BCUT2D eigenvalue weighted by Crippen LogP contribution is 2.20. The first-order valence-corrected chi connectivity index (χ1v) is 7.19. The van der Waals surface area contributed by atoms with Crippen molar-refractivity contribution in [3.8, 4) is 0 Å². The zero-order chi connectivity index (χ0) is 14.7. The van der Waals surface area contributed by atoms with Crippen molar-refractivity contribution in [1.29, 1.82) is 0 Å². The molecule has 0 radical (unpaired) electrons. The van der Waals surface area contributed by atoms with Gasteiger partial charge in [0, 0.05) is 12.6 Å². The fourth-order valence-electron chi connectivity index (χ4n) is 2.47. The van der Waals surface area contributed by atoms with Crippen LogP contribution in [-0.2, 0) is 6.54 Å². The molecule has 0 bridgehead atoms. The van der Waals surface area contributed by atoms with Gasteiger partial charge in [0.2, 0.25) is 0 Å². The van der Waals surface area contributed by atoms with Crippen molar-refractivity contribution in [2.75, 3.05) is 0 Å². The van der Waals surface area contributed by atoms with Crippen LogP contribution in [0.2, 0.25) is 0 Å². The smallest absolute Gasteiger partial charge is 0.123 e. The average Bonchev–Trinajstić information content (AvgIpc) is 2.53. The molecule has 3 aromatic carbocycles. The van der Waals surface area contributed by atoms with Crippen LogP contribution in [0.3, 0.4) is 0 Å². The van der Waals surface area contributed by atoms with Gasteiger partial charge in [-0.15, -0.1) is 0 Å². The van der Waals surface area contributed by atoms with Crippen LogP contribution in [0.1, 0.15) is 24.1 Å². The summed E-state index contributed by atoms with van der Waals surface area (Å²) in [6.45, 7) is 2.88. The van der Waals surface area contributed by atoms with E-state index in [2.05, 4.69) is 54.7 Å². The minimum absolute atomic E-state index is 0.193. The third kappa shape index (κ3) is 3.29. The maximum absolute atomic E-state index is 12.9. The third-order valence-electron chi connectivity index (χ3n) is 3.80. The minimum Gasteiger partial charge on any atom is -0.306 e. The molecule has 0 aromatic heterocycles. The molecule has 1 nitrogen and oxygen atoms in total. The quantitative estimate of drug-likeness (QED) is 0.721.